The van der Waals surface area contributed by atoms with E-state index in [2.05, 4.69) is 0 Å². The largest absolute Gasteiger partial charge is 0.298 e. The van der Waals surface area contributed by atoms with Crippen molar-refractivity contribution in [3.05, 3.63) is 82.9 Å². The van der Waals surface area contributed by atoms with E-state index in [0.717, 1.165) is 11.1 Å². The van der Waals surface area contributed by atoms with Gasteiger partial charge in [0.15, 0.2) is 12.6 Å². The summed E-state index contributed by atoms with van der Waals surface area (Å²) < 4.78 is 0. The van der Waals surface area contributed by atoms with Gasteiger partial charge < -0.3 is 0 Å². The van der Waals surface area contributed by atoms with Crippen molar-refractivity contribution in [1.82, 2.24) is 0 Å². The number of aldehydes is 2. The zero-order chi connectivity index (χ0) is 14.2. The molecule has 0 aromatic heterocycles. The van der Waals surface area contributed by atoms with Crippen LogP contribution in [0.25, 0.3) is 12.2 Å². The van der Waals surface area contributed by atoms with Crippen molar-refractivity contribution in [1.29, 1.82) is 0 Å². The topological polar surface area (TPSA) is 34.1 Å². The number of allylic oxidation sites excluding steroid dienone is 2. The fraction of sp³-hybridized carbons (Fsp3) is 0. The monoisotopic (exact) mass is 262 g/mol. The Hall–Kier alpha value is -2.74. The lowest BCUT2D eigenvalue weighted by Gasteiger charge is -2.01. The molecule has 0 atom stereocenters. The average Bonchev–Trinajstić information content (AvgIpc) is 2.52. The first-order valence-corrected chi connectivity index (χ1v) is 6.27. The highest BCUT2D eigenvalue weighted by molar-refractivity contribution is 6.02. The summed E-state index contributed by atoms with van der Waals surface area (Å²) in [6.07, 6.45) is 4.82. The van der Waals surface area contributed by atoms with E-state index < -0.39 is 0 Å². The Balaban J connectivity index is 2.38. The van der Waals surface area contributed by atoms with Crippen molar-refractivity contribution < 1.29 is 9.59 Å². The molecule has 0 aliphatic carbocycles. The molecule has 0 bridgehead atoms. The van der Waals surface area contributed by atoms with Crippen molar-refractivity contribution in [3.8, 4) is 0 Å². The Morgan fingerprint density at radius 3 is 1.25 bits per heavy atom. The van der Waals surface area contributed by atoms with Crippen LogP contribution < -0.4 is 0 Å². The molecule has 2 heteroatoms. The van der Waals surface area contributed by atoms with E-state index in [-0.39, 0.29) is 0 Å². The number of hydrogen-bond donors (Lipinski definition) is 0. The van der Waals surface area contributed by atoms with Crippen LogP contribution in [0, 0.1) is 0 Å². The molecule has 0 amide bonds. The smallest absolute Gasteiger partial charge is 0.150 e. The quantitative estimate of drug-likeness (QED) is 0.469. The molecule has 0 N–H and O–H groups in total. The molecule has 0 radical (unpaired) electrons. The Kier molecular flexibility index (Phi) is 4.79. The molecule has 2 aromatic carbocycles. The molecule has 2 aromatic rings. The highest BCUT2D eigenvalue weighted by atomic mass is 16.1. The van der Waals surface area contributed by atoms with Gasteiger partial charge in [-0.05, 0) is 23.3 Å². The maximum atomic E-state index is 11.2. The Bertz CT molecular complexity index is 578. The molecule has 0 saturated carbocycles. The molecule has 98 valence electrons. The first kappa shape index (κ1) is 13.7. The Labute approximate surface area is 118 Å². The second-order valence-corrected chi connectivity index (χ2v) is 4.26. The number of benzene rings is 2. The van der Waals surface area contributed by atoms with Gasteiger partial charge in [0, 0.05) is 11.1 Å². The lowest BCUT2D eigenvalue weighted by Crippen LogP contribution is -1.93. The minimum Gasteiger partial charge on any atom is -0.298 e. The number of carbonyl (C=O) groups is 2. The molecule has 0 saturated heterocycles. The van der Waals surface area contributed by atoms with Gasteiger partial charge in [-0.2, -0.15) is 0 Å². The van der Waals surface area contributed by atoms with Crippen molar-refractivity contribution in [2.45, 2.75) is 0 Å². The first-order chi connectivity index (χ1) is 9.83. The van der Waals surface area contributed by atoms with Crippen LogP contribution in [-0.2, 0) is 9.59 Å². The van der Waals surface area contributed by atoms with Crippen molar-refractivity contribution in [2.75, 3.05) is 0 Å². The molecule has 0 heterocycles. The summed E-state index contributed by atoms with van der Waals surface area (Å²) in [5.74, 6) is 0. The summed E-state index contributed by atoms with van der Waals surface area (Å²) in [5.41, 5.74) is 2.51. The fourth-order valence-electron chi connectivity index (χ4n) is 1.83. The van der Waals surface area contributed by atoms with E-state index in [1.807, 2.05) is 60.7 Å². The van der Waals surface area contributed by atoms with E-state index in [9.17, 15) is 9.59 Å². The molecule has 0 aliphatic rings. The Morgan fingerprint density at radius 2 is 0.950 bits per heavy atom. The molecule has 20 heavy (non-hydrogen) atoms. The van der Waals surface area contributed by atoms with Crippen LogP contribution in [-0.4, -0.2) is 12.6 Å². The summed E-state index contributed by atoms with van der Waals surface area (Å²) in [4.78, 5) is 22.5. The van der Waals surface area contributed by atoms with Crippen LogP contribution in [0.1, 0.15) is 11.1 Å². The average molecular weight is 262 g/mol. The molecular weight excluding hydrogens is 248 g/mol. The zero-order valence-corrected chi connectivity index (χ0v) is 10.9. The van der Waals surface area contributed by atoms with Gasteiger partial charge in [-0.25, -0.2) is 0 Å². The fourth-order valence-corrected chi connectivity index (χ4v) is 1.83. The molecule has 0 aliphatic heterocycles. The van der Waals surface area contributed by atoms with Crippen LogP contribution in [0.4, 0.5) is 0 Å². The number of hydrogen-bond acceptors (Lipinski definition) is 2. The van der Waals surface area contributed by atoms with Gasteiger partial charge >= 0.3 is 0 Å². The predicted molar refractivity (Wildman–Crippen MR) is 81.0 cm³/mol. The molecule has 2 rings (SSSR count). The SMILES string of the molecule is O=CC(=Cc1ccccc1)C(C=O)=Cc1ccccc1. The normalized spacial score (nSPS) is 12.0. The first-order valence-electron chi connectivity index (χ1n) is 6.27. The minimum absolute atomic E-state index is 0.370. The lowest BCUT2D eigenvalue weighted by molar-refractivity contribution is -0.107. The highest BCUT2D eigenvalue weighted by Gasteiger charge is 2.04. The molecular formula is C18H14O2. The van der Waals surface area contributed by atoms with Crippen LogP contribution in [0.5, 0.6) is 0 Å². The number of carbonyl (C=O) groups excluding carboxylic acids is 2. The van der Waals surface area contributed by atoms with Crippen LogP contribution in [0.2, 0.25) is 0 Å². The van der Waals surface area contributed by atoms with Gasteiger partial charge in [0.2, 0.25) is 0 Å². The maximum absolute atomic E-state index is 11.2. The minimum atomic E-state index is 0.370. The van der Waals surface area contributed by atoms with E-state index in [1.165, 1.54) is 0 Å². The van der Waals surface area contributed by atoms with Crippen LogP contribution in [0.15, 0.2) is 71.8 Å². The summed E-state index contributed by atoms with van der Waals surface area (Å²) in [5, 5.41) is 0. The molecule has 2 nitrogen and oxygen atoms in total. The Morgan fingerprint density at radius 1 is 0.600 bits per heavy atom. The lowest BCUT2D eigenvalue weighted by atomic mass is 10.0. The van der Waals surface area contributed by atoms with Gasteiger partial charge in [-0.15, -0.1) is 0 Å². The van der Waals surface area contributed by atoms with Crippen molar-refractivity contribution in [2.24, 2.45) is 0 Å². The highest BCUT2D eigenvalue weighted by Crippen LogP contribution is 2.15. The van der Waals surface area contributed by atoms with Gasteiger partial charge in [0.1, 0.15) is 0 Å². The third-order valence-electron chi connectivity index (χ3n) is 2.83. The zero-order valence-electron chi connectivity index (χ0n) is 10.9. The summed E-state index contributed by atoms with van der Waals surface area (Å²) in [6, 6.07) is 18.9. The van der Waals surface area contributed by atoms with E-state index in [4.69, 9.17) is 0 Å². The number of rotatable bonds is 5. The van der Waals surface area contributed by atoms with Crippen molar-refractivity contribution in [3.63, 3.8) is 0 Å². The summed E-state index contributed by atoms with van der Waals surface area (Å²) in [6.45, 7) is 0. The second kappa shape index (κ2) is 7.00. The maximum Gasteiger partial charge on any atom is 0.150 e. The van der Waals surface area contributed by atoms with Crippen LogP contribution in [0.3, 0.4) is 0 Å². The van der Waals surface area contributed by atoms with E-state index in [1.54, 1.807) is 12.2 Å². The predicted octanol–water partition coefficient (Wildman–Crippen LogP) is 3.55. The third kappa shape index (κ3) is 3.62. The van der Waals surface area contributed by atoms with Crippen LogP contribution >= 0.6 is 0 Å². The molecule has 0 spiro atoms. The van der Waals surface area contributed by atoms with Gasteiger partial charge in [0.25, 0.3) is 0 Å². The third-order valence-corrected chi connectivity index (χ3v) is 2.83. The van der Waals surface area contributed by atoms with E-state index in [0.29, 0.717) is 23.7 Å². The van der Waals surface area contributed by atoms with Gasteiger partial charge in [-0.1, -0.05) is 60.7 Å². The summed E-state index contributed by atoms with van der Waals surface area (Å²) in [7, 11) is 0. The standard InChI is InChI=1S/C18H14O2/c19-13-17(11-15-7-3-1-4-8-15)18(14-20)12-16-9-5-2-6-10-16/h1-14H. The van der Waals surface area contributed by atoms with Gasteiger partial charge in [0.05, 0.1) is 0 Å². The second-order valence-electron chi connectivity index (χ2n) is 4.26. The molecule has 0 unspecified atom stereocenters. The summed E-state index contributed by atoms with van der Waals surface area (Å²) >= 11 is 0. The van der Waals surface area contributed by atoms with Crippen molar-refractivity contribution >= 4 is 24.7 Å². The van der Waals surface area contributed by atoms with Gasteiger partial charge in [-0.3, -0.25) is 9.59 Å². The van der Waals surface area contributed by atoms with E-state index >= 15 is 0 Å². The molecule has 0 fully saturated rings.